The minimum Gasteiger partial charge on any atom is -0.481 e. The van der Waals surface area contributed by atoms with Crippen LogP contribution in [0.1, 0.15) is 32.6 Å². The molecule has 98 valence electrons. The van der Waals surface area contributed by atoms with E-state index >= 15 is 0 Å². The molecule has 1 heterocycles. The van der Waals surface area contributed by atoms with Gasteiger partial charge in [0.05, 0.1) is 0 Å². The molecule has 1 aromatic carbocycles. The predicted molar refractivity (Wildman–Crippen MR) is 71.6 cm³/mol. The van der Waals surface area contributed by atoms with E-state index in [-0.39, 0.29) is 12.0 Å². The summed E-state index contributed by atoms with van der Waals surface area (Å²) in [5.74, 6) is 0.913. The van der Waals surface area contributed by atoms with Crippen LogP contribution >= 0.6 is 0 Å². The number of carbonyl (C=O) groups is 1. The van der Waals surface area contributed by atoms with E-state index in [9.17, 15) is 4.79 Å². The van der Waals surface area contributed by atoms with Gasteiger partial charge in [0.15, 0.2) is 6.10 Å². The van der Waals surface area contributed by atoms with Gasteiger partial charge in [-0.1, -0.05) is 25.1 Å². The van der Waals surface area contributed by atoms with Gasteiger partial charge in [-0.2, -0.15) is 0 Å². The number of ether oxygens (including phenoxy) is 1. The highest BCUT2D eigenvalue weighted by atomic mass is 16.5. The van der Waals surface area contributed by atoms with Gasteiger partial charge in [-0.15, -0.1) is 0 Å². The Hall–Kier alpha value is -1.51. The molecule has 1 saturated heterocycles. The molecule has 1 amide bonds. The Morgan fingerprint density at radius 2 is 1.89 bits per heavy atom. The average molecular weight is 247 g/mol. The maximum absolute atomic E-state index is 12.3. The molecule has 0 radical (unpaired) electrons. The van der Waals surface area contributed by atoms with Crippen molar-refractivity contribution in [3.63, 3.8) is 0 Å². The molecule has 1 aromatic rings. The highest BCUT2D eigenvalue weighted by Crippen LogP contribution is 2.16. The molecule has 3 heteroatoms. The monoisotopic (exact) mass is 247 g/mol. The van der Waals surface area contributed by atoms with E-state index < -0.39 is 0 Å². The van der Waals surface area contributed by atoms with Gasteiger partial charge in [-0.05, 0) is 37.8 Å². The summed E-state index contributed by atoms with van der Waals surface area (Å²) in [4.78, 5) is 14.3. The van der Waals surface area contributed by atoms with Crippen LogP contribution in [0.3, 0.4) is 0 Å². The van der Waals surface area contributed by atoms with Crippen molar-refractivity contribution < 1.29 is 9.53 Å². The molecular weight excluding hydrogens is 226 g/mol. The number of nitrogens with zero attached hydrogens (tertiary/aromatic N) is 1. The zero-order chi connectivity index (χ0) is 12.8. The Bertz CT molecular complexity index is 371. The minimum atomic E-state index is -0.342. The smallest absolute Gasteiger partial charge is 0.263 e. The van der Waals surface area contributed by atoms with Crippen molar-refractivity contribution in [3.05, 3.63) is 30.3 Å². The molecule has 1 aliphatic heterocycles. The molecule has 0 aliphatic carbocycles. The van der Waals surface area contributed by atoms with E-state index in [2.05, 4.69) is 0 Å². The number of para-hydroxylation sites is 1. The van der Waals surface area contributed by atoms with E-state index in [0.717, 1.165) is 31.7 Å². The van der Waals surface area contributed by atoms with Gasteiger partial charge in [0, 0.05) is 13.1 Å². The number of benzene rings is 1. The van der Waals surface area contributed by atoms with Gasteiger partial charge in [0.1, 0.15) is 5.75 Å². The van der Waals surface area contributed by atoms with Crippen LogP contribution in [0.2, 0.25) is 0 Å². The number of carbonyl (C=O) groups excluding carboxylic acids is 1. The fourth-order valence-electron chi connectivity index (χ4n) is 2.29. The maximum atomic E-state index is 12.3. The molecule has 18 heavy (non-hydrogen) atoms. The molecular formula is C15H21NO2. The molecule has 0 unspecified atom stereocenters. The number of piperidine rings is 1. The predicted octanol–water partition coefficient (Wildman–Crippen LogP) is 2.86. The average Bonchev–Trinajstić information content (AvgIpc) is 2.46. The molecule has 2 rings (SSSR count). The van der Waals surface area contributed by atoms with Crippen molar-refractivity contribution in [1.82, 2.24) is 4.90 Å². The second-order valence-corrected chi connectivity index (χ2v) is 4.71. The summed E-state index contributed by atoms with van der Waals surface area (Å²) in [5, 5.41) is 0. The van der Waals surface area contributed by atoms with Gasteiger partial charge < -0.3 is 9.64 Å². The molecule has 1 aliphatic rings. The zero-order valence-electron chi connectivity index (χ0n) is 11.0. The quantitative estimate of drug-likeness (QED) is 0.818. The Balaban J connectivity index is 1.97. The third kappa shape index (κ3) is 3.25. The van der Waals surface area contributed by atoms with Crippen LogP contribution in [0.15, 0.2) is 30.3 Å². The van der Waals surface area contributed by atoms with Crippen molar-refractivity contribution in [3.8, 4) is 5.75 Å². The summed E-state index contributed by atoms with van der Waals surface area (Å²) in [5.41, 5.74) is 0. The van der Waals surface area contributed by atoms with Gasteiger partial charge in [-0.3, -0.25) is 4.79 Å². The summed E-state index contributed by atoms with van der Waals surface area (Å²) >= 11 is 0. The minimum absolute atomic E-state index is 0.140. The fraction of sp³-hybridized carbons (Fsp3) is 0.533. The van der Waals surface area contributed by atoms with Crippen molar-refractivity contribution in [2.75, 3.05) is 13.1 Å². The lowest BCUT2D eigenvalue weighted by atomic mass is 10.1. The second kappa shape index (κ2) is 6.43. The normalized spacial score (nSPS) is 17.3. The van der Waals surface area contributed by atoms with Crippen LogP contribution in [0.5, 0.6) is 5.75 Å². The number of hydrogen-bond acceptors (Lipinski definition) is 2. The molecule has 0 spiro atoms. The standard InChI is InChI=1S/C15H21NO2/c1-2-14(18-13-9-5-3-6-10-13)15(17)16-11-7-4-8-12-16/h3,5-6,9-10,14H,2,4,7-8,11-12H2,1H3/t14-/m1/s1. The molecule has 1 atom stereocenters. The summed E-state index contributed by atoms with van der Waals surface area (Å²) in [7, 11) is 0. The first-order valence-corrected chi connectivity index (χ1v) is 6.81. The van der Waals surface area contributed by atoms with Crippen LogP contribution in [0, 0.1) is 0 Å². The Morgan fingerprint density at radius 3 is 2.50 bits per heavy atom. The largest absolute Gasteiger partial charge is 0.481 e. The second-order valence-electron chi connectivity index (χ2n) is 4.71. The first-order chi connectivity index (χ1) is 8.81. The third-order valence-corrected chi connectivity index (χ3v) is 3.34. The van der Waals surface area contributed by atoms with Crippen molar-refractivity contribution >= 4 is 5.91 Å². The SMILES string of the molecule is CC[C@@H](Oc1ccccc1)C(=O)N1CCCCC1. The zero-order valence-corrected chi connectivity index (χ0v) is 11.0. The van der Waals surface area contributed by atoms with E-state index in [0.29, 0.717) is 6.42 Å². The van der Waals surface area contributed by atoms with Crippen molar-refractivity contribution in [2.24, 2.45) is 0 Å². The van der Waals surface area contributed by atoms with Crippen LogP contribution in [-0.4, -0.2) is 30.0 Å². The summed E-state index contributed by atoms with van der Waals surface area (Å²) < 4.78 is 5.79. The summed E-state index contributed by atoms with van der Waals surface area (Å²) in [6, 6.07) is 9.58. The molecule has 3 nitrogen and oxygen atoms in total. The van der Waals surface area contributed by atoms with Crippen LogP contribution < -0.4 is 4.74 Å². The van der Waals surface area contributed by atoms with Gasteiger partial charge in [0.2, 0.25) is 0 Å². The molecule has 0 aromatic heterocycles. The number of amides is 1. The van der Waals surface area contributed by atoms with E-state index in [4.69, 9.17) is 4.74 Å². The van der Waals surface area contributed by atoms with Gasteiger partial charge in [-0.25, -0.2) is 0 Å². The number of hydrogen-bond donors (Lipinski definition) is 0. The lowest BCUT2D eigenvalue weighted by Crippen LogP contribution is -2.44. The first kappa shape index (κ1) is 12.9. The highest BCUT2D eigenvalue weighted by molar-refractivity contribution is 5.81. The van der Waals surface area contributed by atoms with Crippen LogP contribution in [0.4, 0.5) is 0 Å². The number of likely N-dealkylation sites (tertiary alicyclic amines) is 1. The Labute approximate surface area is 109 Å². The van der Waals surface area contributed by atoms with Gasteiger partial charge in [0.25, 0.3) is 5.91 Å². The van der Waals surface area contributed by atoms with Crippen LogP contribution in [-0.2, 0) is 4.79 Å². The molecule has 0 N–H and O–H groups in total. The van der Waals surface area contributed by atoms with Crippen LogP contribution in [0.25, 0.3) is 0 Å². The van der Waals surface area contributed by atoms with E-state index in [1.165, 1.54) is 6.42 Å². The third-order valence-electron chi connectivity index (χ3n) is 3.34. The lowest BCUT2D eigenvalue weighted by molar-refractivity contribution is -0.139. The van der Waals surface area contributed by atoms with E-state index in [1.807, 2.05) is 42.2 Å². The number of rotatable bonds is 4. The fourth-order valence-corrected chi connectivity index (χ4v) is 2.29. The summed E-state index contributed by atoms with van der Waals surface area (Å²) in [6.07, 6.45) is 3.84. The van der Waals surface area contributed by atoms with E-state index in [1.54, 1.807) is 0 Å². The Kier molecular flexibility index (Phi) is 4.62. The van der Waals surface area contributed by atoms with Crippen molar-refractivity contribution in [2.45, 2.75) is 38.7 Å². The maximum Gasteiger partial charge on any atom is 0.263 e. The first-order valence-electron chi connectivity index (χ1n) is 6.81. The van der Waals surface area contributed by atoms with Crippen molar-refractivity contribution in [1.29, 1.82) is 0 Å². The highest BCUT2D eigenvalue weighted by Gasteiger charge is 2.25. The molecule has 0 saturated carbocycles. The summed E-state index contributed by atoms with van der Waals surface area (Å²) in [6.45, 7) is 3.76. The molecule has 1 fully saturated rings. The topological polar surface area (TPSA) is 29.5 Å². The van der Waals surface area contributed by atoms with Gasteiger partial charge >= 0.3 is 0 Å². The Morgan fingerprint density at radius 1 is 1.22 bits per heavy atom. The lowest BCUT2D eigenvalue weighted by Gasteiger charge is -2.30. The molecule has 0 bridgehead atoms.